The maximum atomic E-state index is 10.8. The largest absolute Gasteiger partial charge is 0.330 e. The SMILES string of the molecule is NCCC(=O)SSC(=O)CCN. The van der Waals surface area contributed by atoms with Gasteiger partial charge in [0.1, 0.15) is 0 Å². The first-order valence-electron chi connectivity index (χ1n) is 3.51. The van der Waals surface area contributed by atoms with Crippen molar-refractivity contribution in [2.24, 2.45) is 11.5 Å². The van der Waals surface area contributed by atoms with Crippen molar-refractivity contribution >= 4 is 31.8 Å². The van der Waals surface area contributed by atoms with Crippen LogP contribution in [0, 0.1) is 0 Å². The van der Waals surface area contributed by atoms with E-state index in [1.165, 1.54) is 0 Å². The van der Waals surface area contributed by atoms with Gasteiger partial charge in [-0.3, -0.25) is 9.59 Å². The molecule has 0 radical (unpaired) electrons. The fraction of sp³-hybridized carbons (Fsp3) is 0.667. The average Bonchev–Trinajstić information content (AvgIpc) is 2.02. The molecular weight excluding hydrogens is 196 g/mol. The summed E-state index contributed by atoms with van der Waals surface area (Å²) >= 11 is 0. The molecule has 0 aliphatic rings. The second kappa shape index (κ2) is 7.60. The number of carbonyl (C=O) groups is 2. The third kappa shape index (κ3) is 6.66. The fourth-order valence-corrected chi connectivity index (χ4v) is 2.06. The molecule has 0 unspecified atom stereocenters. The predicted octanol–water partition coefficient (Wildman–Crippen LogP) is 0.119. The van der Waals surface area contributed by atoms with Crippen LogP contribution in [-0.4, -0.2) is 23.3 Å². The molecule has 0 saturated heterocycles. The summed E-state index contributed by atoms with van der Waals surface area (Å²) in [6, 6.07) is 0. The van der Waals surface area contributed by atoms with E-state index in [0.29, 0.717) is 25.9 Å². The second-order valence-corrected chi connectivity index (χ2v) is 4.23. The first-order chi connectivity index (χ1) is 5.70. The average molecular weight is 208 g/mol. The van der Waals surface area contributed by atoms with E-state index in [1.807, 2.05) is 0 Å². The molecule has 0 aromatic carbocycles. The fourth-order valence-electron chi connectivity index (χ4n) is 0.412. The van der Waals surface area contributed by atoms with Crippen molar-refractivity contribution in [3.05, 3.63) is 0 Å². The maximum absolute atomic E-state index is 10.8. The molecule has 6 heteroatoms. The molecule has 0 rings (SSSR count). The number of hydrogen-bond donors (Lipinski definition) is 2. The van der Waals surface area contributed by atoms with Gasteiger partial charge in [-0.2, -0.15) is 0 Å². The Labute approximate surface area is 79.2 Å². The molecule has 0 fully saturated rings. The third-order valence-corrected chi connectivity index (χ3v) is 3.15. The van der Waals surface area contributed by atoms with Gasteiger partial charge in [-0.15, -0.1) is 0 Å². The van der Waals surface area contributed by atoms with E-state index < -0.39 is 0 Å². The number of rotatable bonds is 4. The van der Waals surface area contributed by atoms with Gasteiger partial charge in [-0.25, -0.2) is 0 Å². The maximum Gasteiger partial charge on any atom is 0.201 e. The number of nitrogens with two attached hydrogens (primary N) is 2. The third-order valence-electron chi connectivity index (χ3n) is 0.924. The molecule has 0 saturated carbocycles. The van der Waals surface area contributed by atoms with E-state index in [1.54, 1.807) is 0 Å². The smallest absolute Gasteiger partial charge is 0.201 e. The normalized spacial score (nSPS) is 9.83. The van der Waals surface area contributed by atoms with Gasteiger partial charge in [0.2, 0.25) is 10.2 Å². The van der Waals surface area contributed by atoms with E-state index >= 15 is 0 Å². The lowest BCUT2D eigenvalue weighted by Crippen LogP contribution is -2.06. The van der Waals surface area contributed by atoms with Crippen molar-refractivity contribution < 1.29 is 9.59 Å². The van der Waals surface area contributed by atoms with Crippen LogP contribution in [0.25, 0.3) is 0 Å². The Kier molecular flexibility index (Phi) is 7.58. The lowest BCUT2D eigenvalue weighted by atomic mass is 10.5. The van der Waals surface area contributed by atoms with Gasteiger partial charge in [-0.1, -0.05) is 0 Å². The molecule has 0 aromatic heterocycles. The molecule has 0 bridgehead atoms. The van der Waals surface area contributed by atoms with Crippen LogP contribution in [0.4, 0.5) is 0 Å². The summed E-state index contributed by atoms with van der Waals surface area (Å²) in [4.78, 5) is 21.7. The second-order valence-electron chi connectivity index (χ2n) is 1.99. The van der Waals surface area contributed by atoms with Crippen LogP contribution in [0.5, 0.6) is 0 Å². The minimum atomic E-state index is -0.0622. The monoisotopic (exact) mass is 208 g/mol. The minimum Gasteiger partial charge on any atom is -0.330 e. The summed E-state index contributed by atoms with van der Waals surface area (Å²) < 4.78 is 0. The predicted molar refractivity (Wildman–Crippen MR) is 52.5 cm³/mol. The van der Waals surface area contributed by atoms with Gasteiger partial charge in [0.05, 0.1) is 0 Å². The van der Waals surface area contributed by atoms with Crippen LogP contribution in [-0.2, 0) is 9.59 Å². The van der Waals surface area contributed by atoms with Crippen LogP contribution < -0.4 is 11.5 Å². The quantitative estimate of drug-likeness (QED) is 0.638. The summed E-state index contributed by atoms with van der Waals surface area (Å²) in [5, 5.41) is -0.124. The molecule has 0 spiro atoms. The van der Waals surface area contributed by atoms with Gasteiger partial charge in [0, 0.05) is 25.9 Å². The lowest BCUT2D eigenvalue weighted by Gasteiger charge is -1.96. The van der Waals surface area contributed by atoms with Crippen molar-refractivity contribution in [3.63, 3.8) is 0 Å². The van der Waals surface area contributed by atoms with Crippen molar-refractivity contribution in [1.82, 2.24) is 0 Å². The van der Waals surface area contributed by atoms with Gasteiger partial charge >= 0.3 is 0 Å². The molecule has 12 heavy (non-hydrogen) atoms. The molecule has 0 aliphatic heterocycles. The van der Waals surface area contributed by atoms with Gasteiger partial charge < -0.3 is 11.5 Å². The zero-order valence-corrected chi connectivity index (χ0v) is 8.25. The van der Waals surface area contributed by atoms with Gasteiger partial charge in [0.15, 0.2) is 0 Å². The summed E-state index contributed by atoms with van der Waals surface area (Å²) in [5.74, 6) is 0. The van der Waals surface area contributed by atoms with Gasteiger partial charge in [0.25, 0.3) is 0 Å². The highest BCUT2D eigenvalue weighted by molar-refractivity contribution is 8.87. The van der Waals surface area contributed by atoms with Crippen LogP contribution in [0.1, 0.15) is 12.8 Å². The van der Waals surface area contributed by atoms with Crippen LogP contribution in [0.2, 0.25) is 0 Å². The van der Waals surface area contributed by atoms with Crippen molar-refractivity contribution in [3.8, 4) is 0 Å². The molecule has 4 nitrogen and oxygen atoms in total. The van der Waals surface area contributed by atoms with Crippen molar-refractivity contribution in [2.75, 3.05) is 13.1 Å². The molecular formula is C6H12N2O2S2. The topological polar surface area (TPSA) is 86.2 Å². The molecule has 0 heterocycles. The van der Waals surface area contributed by atoms with E-state index in [0.717, 1.165) is 21.6 Å². The van der Waals surface area contributed by atoms with E-state index in [2.05, 4.69) is 0 Å². The Hall–Kier alpha value is -0.0400. The number of carbonyl (C=O) groups excluding carboxylic acids is 2. The highest BCUT2D eigenvalue weighted by atomic mass is 33.1. The molecule has 0 atom stereocenters. The lowest BCUT2D eigenvalue weighted by molar-refractivity contribution is -0.111. The van der Waals surface area contributed by atoms with E-state index in [4.69, 9.17) is 11.5 Å². The highest BCUT2D eigenvalue weighted by Crippen LogP contribution is 2.24. The summed E-state index contributed by atoms with van der Waals surface area (Å²) in [6.45, 7) is 0.662. The molecule has 0 aliphatic carbocycles. The Morgan fingerprint density at radius 3 is 1.50 bits per heavy atom. The first kappa shape index (κ1) is 12.0. The van der Waals surface area contributed by atoms with Crippen molar-refractivity contribution in [1.29, 1.82) is 0 Å². The zero-order chi connectivity index (χ0) is 9.40. The molecule has 0 aromatic rings. The van der Waals surface area contributed by atoms with Crippen LogP contribution >= 0.6 is 21.6 Å². The minimum absolute atomic E-state index is 0.0622. The Bertz CT molecular complexity index is 146. The van der Waals surface area contributed by atoms with E-state index in [-0.39, 0.29) is 10.2 Å². The molecule has 70 valence electrons. The zero-order valence-electron chi connectivity index (χ0n) is 6.62. The summed E-state index contributed by atoms with van der Waals surface area (Å²) in [6.07, 6.45) is 0.626. The van der Waals surface area contributed by atoms with Crippen LogP contribution in [0.15, 0.2) is 0 Å². The Morgan fingerprint density at radius 2 is 1.25 bits per heavy atom. The Balaban J connectivity index is 3.40. The highest BCUT2D eigenvalue weighted by Gasteiger charge is 2.06. The summed E-state index contributed by atoms with van der Waals surface area (Å²) in [5.41, 5.74) is 10.3. The van der Waals surface area contributed by atoms with E-state index in [9.17, 15) is 9.59 Å². The summed E-state index contributed by atoms with van der Waals surface area (Å²) in [7, 11) is 1.88. The van der Waals surface area contributed by atoms with Crippen LogP contribution in [0.3, 0.4) is 0 Å². The van der Waals surface area contributed by atoms with Gasteiger partial charge in [-0.05, 0) is 21.6 Å². The number of hydrogen-bond acceptors (Lipinski definition) is 6. The standard InChI is InChI=1S/C6H12N2O2S2/c7-3-1-5(9)11-12-6(10)2-4-8/h1-4,7-8H2. The molecule has 0 amide bonds. The first-order valence-corrected chi connectivity index (χ1v) is 5.66. The Morgan fingerprint density at radius 1 is 0.917 bits per heavy atom. The van der Waals surface area contributed by atoms with Crippen molar-refractivity contribution in [2.45, 2.75) is 12.8 Å². The molecule has 4 N–H and O–H groups in total.